The SMILES string of the molecule is CC(=O)N[C@H]1[C@H](O[C@@H]2CO[C@@H](O[C@H]3CC[C@]4(C)C5=CC[C@]6(C)[C@@H]([C@H](C)CC(=O)C=C(C)C)CC[C@H]6C5=CC[C@H]4C3(C)C)[C@H](O[C@@H]3O[C@H](CO[C@@H]4OC[C@@H](O)[C@H](O)[C@H]4O)[C@@H](O)[C@H](O)[C@H]3NC(C)=O)[C@H]2O)O[C@H](CO)[C@H](O)[C@@H]1O. The van der Waals surface area contributed by atoms with Crippen LogP contribution in [0, 0.1) is 39.9 Å². The van der Waals surface area contributed by atoms with Gasteiger partial charge < -0.3 is 94.5 Å². The zero-order chi connectivity index (χ0) is 56.2. The average Bonchev–Trinajstić information content (AvgIpc) is 3.86. The molecule has 6 fully saturated rings. The van der Waals surface area contributed by atoms with Crippen molar-refractivity contribution in [2.24, 2.45) is 39.9 Å². The number of rotatable bonds is 16. The Labute approximate surface area is 450 Å². The number of aliphatic hydroxyl groups is 9. The van der Waals surface area contributed by atoms with E-state index in [9.17, 15) is 60.3 Å². The highest BCUT2D eigenvalue weighted by molar-refractivity contribution is 5.90. The molecule has 25 atom stereocenters. The third-order valence-electron chi connectivity index (χ3n) is 18.6. The number of carbonyl (C=O) groups is 3. The van der Waals surface area contributed by atoms with Crippen LogP contribution in [-0.4, -0.2) is 207 Å². The standard InChI is InChI=1S/C55H86N2O20/c1-24(2)18-28(61)19-25(3)30-11-12-31-29-10-13-37-53(6,7)38(15-17-55(37,9)32(29)14-16-54(30,31)8)76-52-48(44(66)36(23-72-52)75-49-39(56-26(4)59)45(67)42(64)34(20-58)73-49)77-50-40(57-27(5)60)46(68)43(65)35(74-50)22-71-51-47(69)41(63)33(62)21-70-51/h10,14,18,25,30-31,33-52,58,62-69H,11-13,15-17,19-23H2,1-9H3,(H,56,59)(H,57,60)/t25-,30-,31+,33-,34-,35-,36-,37+,38+,39-,40-,41+,42+,43-,44+,45-,46-,47-,48-,49+,50+,51+,52+,54-,55-/m1/s1. The van der Waals surface area contributed by atoms with E-state index >= 15 is 0 Å². The number of amides is 2. The minimum Gasteiger partial charge on any atom is -0.394 e. The van der Waals surface area contributed by atoms with Crippen LogP contribution in [0.5, 0.6) is 0 Å². The lowest BCUT2D eigenvalue weighted by Crippen LogP contribution is -2.68. The third kappa shape index (κ3) is 11.9. The van der Waals surface area contributed by atoms with E-state index in [0.717, 1.165) is 37.7 Å². The van der Waals surface area contributed by atoms with Gasteiger partial charge in [0.2, 0.25) is 11.8 Å². The topological polar surface area (TPSA) is 331 Å². The van der Waals surface area contributed by atoms with Crippen molar-refractivity contribution >= 4 is 17.6 Å². The Balaban J connectivity index is 1.05. The smallest absolute Gasteiger partial charge is 0.217 e. The lowest BCUT2D eigenvalue weighted by molar-refractivity contribution is -0.371. The molecule has 4 saturated heterocycles. The first kappa shape index (κ1) is 60.3. The van der Waals surface area contributed by atoms with E-state index in [1.165, 1.54) is 25.0 Å². The van der Waals surface area contributed by atoms with E-state index in [4.69, 9.17) is 37.9 Å². The summed E-state index contributed by atoms with van der Waals surface area (Å²) in [6, 6.07) is -2.87. The number of ketones is 1. The van der Waals surface area contributed by atoms with Crippen LogP contribution in [0.1, 0.15) is 107 Å². The van der Waals surface area contributed by atoms with Gasteiger partial charge >= 0.3 is 0 Å². The van der Waals surface area contributed by atoms with Crippen molar-refractivity contribution in [2.45, 2.75) is 224 Å². The molecule has 436 valence electrons. The molecule has 0 unspecified atom stereocenters. The van der Waals surface area contributed by atoms with Gasteiger partial charge in [-0.2, -0.15) is 0 Å². The predicted octanol–water partition coefficient (Wildman–Crippen LogP) is -0.0934. The molecule has 8 rings (SSSR count). The van der Waals surface area contributed by atoms with Gasteiger partial charge in [0.1, 0.15) is 85.3 Å². The summed E-state index contributed by atoms with van der Waals surface area (Å²) in [6.07, 6.45) is -13.4. The molecule has 11 N–H and O–H groups in total. The van der Waals surface area contributed by atoms with Crippen LogP contribution in [0.4, 0.5) is 0 Å². The molecule has 0 spiro atoms. The summed E-state index contributed by atoms with van der Waals surface area (Å²) in [5.74, 6) is 0.0303. The Bertz CT molecular complexity index is 2210. The number of nitrogens with one attached hydrogen (secondary N) is 2. The van der Waals surface area contributed by atoms with Gasteiger partial charge in [-0.25, -0.2) is 0 Å². The molecule has 0 radical (unpaired) electrons. The lowest BCUT2D eigenvalue weighted by Gasteiger charge is -2.60. The molecule has 0 aromatic carbocycles. The summed E-state index contributed by atoms with van der Waals surface area (Å²) in [4.78, 5) is 38.0. The van der Waals surface area contributed by atoms with Gasteiger partial charge in [-0.1, -0.05) is 52.3 Å². The van der Waals surface area contributed by atoms with Crippen molar-refractivity contribution in [3.05, 3.63) is 34.9 Å². The third-order valence-corrected chi connectivity index (χ3v) is 18.6. The minimum absolute atomic E-state index is 0.0207. The molecule has 4 aliphatic carbocycles. The molecule has 0 aromatic heterocycles. The monoisotopic (exact) mass is 1090 g/mol. The molecule has 2 amide bonds. The van der Waals surface area contributed by atoms with E-state index in [-0.39, 0.29) is 41.7 Å². The van der Waals surface area contributed by atoms with Crippen molar-refractivity contribution in [2.75, 3.05) is 26.4 Å². The Morgan fingerprint density at radius 2 is 1.35 bits per heavy atom. The van der Waals surface area contributed by atoms with Crippen LogP contribution in [0.25, 0.3) is 0 Å². The van der Waals surface area contributed by atoms with Gasteiger partial charge in [-0.15, -0.1) is 0 Å². The number of aliphatic hydroxyl groups excluding tert-OH is 9. The highest BCUT2D eigenvalue weighted by Gasteiger charge is 2.61. The molecule has 4 aliphatic heterocycles. The van der Waals surface area contributed by atoms with Crippen molar-refractivity contribution in [1.29, 1.82) is 0 Å². The fourth-order valence-electron chi connectivity index (χ4n) is 14.6. The summed E-state index contributed by atoms with van der Waals surface area (Å²) in [5, 5.41) is 103. The number of ether oxygens (including phenoxy) is 8. The first-order chi connectivity index (χ1) is 36.2. The molecule has 8 aliphatic rings. The second-order valence-corrected chi connectivity index (χ2v) is 24.5. The summed E-state index contributed by atoms with van der Waals surface area (Å²) in [7, 11) is 0. The van der Waals surface area contributed by atoms with E-state index in [2.05, 4.69) is 57.4 Å². The number of allylic oxidation sites excluding steroid dienone is 6. The van der Waals surface area contributed by atoms with Crippen LogP contribution in [-0.2, 0) is 52.3 Å². The normalized spacial score (nSPS) is 46.0. The van der Waals surface area contributed by atoms with Gasteiger partial charge in [-0.3, -0.25) is 14.4 Å². The Hall–Kier alpha value is -2.85. The maximum absolute atomic E-state index is 12.9. The minimum atomic E-state index is -1.79. The highest BCUT2D eigenvalue weighted by Crippen LogP contribution is 2.67. The zero-order valence-electron chi connectivity index (χ0n) is 45.8. The van der Waals surface area contributed by atoms with Crippen LogP contribution in [0.3, 0.4) is 0 Å². The number of hydrogen-bond acceptors (Lipinski definition) is 20. The van der Waals surface area contributed by atoms with Gasteiger partial charge in [0.15, 0.2) is 30.9 Å². The van der Waals surface area contributed by atoms with Crippen molar-refractivity contribution in [3.63, 3.8) is 0 Å². The van der Waals surface area contributed by atoms with E-state index < -0.39 is 147 Å². The van der Waals surface area contributed by atoms with Gasteiger partial charge in [0, 0.05) is 20.3 Å². The molecule has 22 nitrogen and oxygen atoms in total. The fourth-order valence-corrected chi connectivity index (χ4v) is 14.6. The largest absolute Gasteiger partial charge is 0.394 e. The number of fused-ring (bicyclic) bond motifs is 5. The van der Waals surface area contributed by atoms with Crippen LogP contribution in [0.2, 0.25) is 0 Å². The maximum Gasteiger partial charge on any atom is 0.217 e. The Kier molecular flexibility index (Phi) is 18.7. The molecular weight excluding hydrogens is 1010 g/mol. The lowest BCUT2D eigenvalue weighted by atomic mass is 9.46. The molecular formula is C55H86N2O20. The highest BCUT2D eigenvalue weighted by atomic mass is 16.8. The second kappa shape index (κ2) is 23.9. The molecule has 2 saturated carbocycles. The van der Waals surface area contributed by atoms with E-state index in [1.54, 1.807) is 6.08 Å². The van der Waals surface area contributed by atoms with Crippen molar-refractivity contribution in [1.82, 2.24) is 10.6 Å². The van der Waals surface area contributed by atoms with E-state index in [1.807, 2.05) is 13.8 Å². The van der Waals surface area contributed by atoms with Crippen LogP contribution in [0.15, 0.2) is 34.9 Å². The quantitative estimate of drug-likeness (QED) is 0.0900. The summed E-state index contributed by atoms with van der Waals surface area (Å²) < 4.78 is 49.4. The Morgan fingerprint density at radius 1 is 0.727 bits per heavy atom. The summed E-state index contributed by atoms with van der Waals surface area (Å²) in [5.41, 5.74) is 3.07. The predicted molar refractivity (Wildman–Crippen MR) is 270 cm³/mol. The first-order valence-corrected chi connectivity index (χ1v) is 27.5. The Morgan fingerprint density at radius 3 is 1.99 bits per heavy atom. The second-order valence-electron chi connectivity index (χ2n) is 24.5. The molecule has 4 heterocycles. The number of carbonyl (C=O) groups excluding carboxylic acids is 3. The van der Waals surface area contributed by atoms with Gasteiger partial charge in [0.25, 0.3) is 0 Å². The average molecular weight is 1100 g/mol. The molecule has 0 bridgehead atoms. The zero-order valence-corrected chi connectivity index (χ0v) is 45.8. The van der Waals surface area contributed by atoms with Crippen LogP contribution >= 0.6 is 0 Å². The van der Waals surface area contributed by atoms with Crippen LogP contribution < -0.4 is 10.6 Å². The summed E-state index contributed by atoms with van der Waals surface area (Å²) in [6.45, 7) is 15.5. The first-order valence-electron chi connectivity index (χ1n) is 27.5. The van der Waals surface area contributed by atoms with Crippen molar-refractivity contribution in [3.8, 4) is 0 Å². The maximum atomic E-state index is 12.9. The fraction of sp³-hybridized carbons (Fsp3) is 0.836. The van der Waals surface area contributed by atoms with E-state index in [0.29, 0.717) is 24.7 Å². The number of hydrogen-bond donors (Lipinski definition) is 11. The van der Waals surface area contributed by atoms with Gasteiger partial charge in [0.05, 0.1) is 32.5 Å². The van der Waals surface area contributed by atoms with Crippen molar-refractivity contribution < 1.29 is 98.2 Å². The molecule has 77 heavy (non-hydrogen) atoms. The summed E-state index contributed by atoms with van der Waals surface area (Å²) >= 11 is 0. The molecule has 22 heteroatoms. The molecule has 0 aromatic rings. The van der Waals surface area contributed by atoms with Gasteiger partial charge in [-0.05, 0) is 110 Å².